The van der Waals surface area contributed by atoms with E-state index in [-0.39, 0.29) is 29.3 Å². The van der Waals surface area contributed by atoms with Crippen molar-refractivity contribution in [3.63, 3.8) is 0 Å². The van der Waals surface area contributed by atoms with Crippen LogP contribution >= 0.6 is 0 Å². The fraction of sp³-hybridized carbons (Fsp3) is 0.767. The van der Waals surface area contributed by atoms with Crippen molar-refractivity contribution in [3.8, 4) is 0 Å². The van der Waals surface area contributed by atoms with Gasteiger partial charge in [0.05, 0.1) is 11.5 Å². The summed E-state index contributed by atoms with van der Waals surface area (Å²) in [7, 11) is 0. The summed E-state index contributed by atoms with van der Waals surface area (Å²) in [6, 6.07) is 0. The highest BCUT2D eigenvalue weighted by atomic mass is 16.6. The van der Waals surface area contributed by atoms with Crippen LogP contribution in [-0.4, -0.2) is 46.6 Å². The van der Waals surface area contributed by atoms with Gasteiger partial charge in [-0.3, -0.25) is 9.59 Å². The molecule has 37 heavy (non-hydrogen) atoms. The molecular formula is C30H44N2O5. The number of nitrogens with one attached hydrogen (secondary N) is 1. The summed E-state index contributed by atoms with van der Waals surface area (Å²) in [6.07, 6.45) is 16.0. The topological polar surface area (TPSA) is 108 Å². The molecule has 0 radical (unpaired) electrons. The van der Waals surface area contributed by atoms with Crippen LogP contribution in [-0.2, 0) is 14.4 Å². The molecule has 0 spiro atoms. The average Bonchev–Trinajstić information content (AvgIpc) is 3.11. The van der Waals surface area contributed by atoms with E-state index in [0.717, 1.165) is 50.7 Å². The Kier molecular flexibility index (Phi) is 7.05. The van der Waals surface area contributed by atoms with Crippen LogP contribution in [0.4, 0.5) is 0 Å². The Hall–Kier alpha value is -2.15. The molecule has 0 heterocycles. The van der Waals surface area contributed by atoms with E-state index in [1.54, 1.807) is 0 Å². The third-order valence-corrected chi connectivity index (χ3v) is 11.3. The van der Waals surface area contributed by atoms with Gasteiger partial charge >= 0.3 is 5.97 Å². The molecule has 0 bridgehead atoms. The van der Waals surface area contributed by atoms with Gasteiger partial charge < -0.3 is 20.4 Å². The minimum Gasteiger partial charge on any atom is -0.481 e. The summed E-state index contributed by atoms with van der Waals surface area (Å²) < 4.78 is 0. The second-order valence-corrected chi connectivity index (χ2v) is 13.1. The van der Waals surface area contributed by atoms with Gasteiger partial charge in [-0.15, -0.1) is 0 Å². The van der Waals surface area contributed by atoms with E-state index in [0.29, 0.717) is 43.1 Å². The number of aliphatic carboxylic acids is 1. The number of carbonyl (C=O) groups excluding carboxylic acids is 1. The number of amides is 1. The molecule has 5 rings (SSSR count). The Bertz CT molecular complexity index is 1010. The number of aliphatic hydroxyl groups is 1. The number of nitrogens with zero attached hydrogens (tertiary/aromatic N) is 1. The van der Waals surface area contributed by atoms with Crippen molar-refractivity contribution in [2.75, 3.05) is 13.2 Å². The second kappa shape index (κ2) is 9.87. The summed E-state index contributed by atoms with van der Waals surface area (Å²) >= 11 is 0. The summed E-state index contributed by atoms with van der Waals surface area (Å²) in [6.45, 7) is 7.20. The predicted molar refractivity (Wildman–Crippen MR) is 142 cm³/mol. The molecule has 7 heteroatoms. The molecule has 0 aromatic rings. The fourth-order valence-electron chi connectivity index (χ4n) is 8.60. The first-order valence-electron chi connectivity index (χ1n) is 14.4. The molecule has 5 aliphatic carbocycles. The van der Waals surface area contributed by atoms with Crippen LogP contribution in [0.1, 0.15) is 85.0 Å². The molecule has 4 fully saturated rings. The lowest BCUT2D eigenvalue weighted by Gasteiger charge is -2.58. The summed E-state index contributed by atoms with van der Waals surface area (Å²) in [5.74, 6) is 1.03. The number of rotatable bonds is 6. The lowest BCUT2D eigenvalue weighted by atomic mass is 9.47. The van der Waals surface area contributed by atoms with Gasteiger partial charge in [-0.1, -0.05) is 30.7 Å². The van der Waals surface area contributed by atoms with Crippen LogP contribution in [0.15, 0.2) is 29.0 Å². The van der Waals surface area contributed by atoms with E-state index in [4.69, 9.17) is 9.94 Å². The number of hydrogen-bond donors (Lipinski definition) is 3. The van der Waals surface area contributed by atoms with Gasteiger partial charge in [0.2, 0.25) is 0 Å². The van der Waals surface area contributed by atoms with Crippen molar-refractivity contribution in [1.29, 1.82) is 0 Å². The van der Waals surface area contributed by atoms with Crippen molar-refractivity contribution in [1.82, 2.24) is 5.32 Å². The molecule has 0 aliphatic heterocycles. The number of carboxylic acids is 1. The maximum atomic E-state index is 12.2. The highest BCUT2D eigenvalue weighted by Crippen LogP contribution is 2.66. The maximum absolute atomic E-state index is 12.2. The van der Waals surface area contributed by atoms with Crippen LogP contribution in [0.5, 0.6) is 0 Å². The normalized spacial score (nSPS) is 43.8. The Labute approximate surface area is 220 Å². The standard InChI is InChI=1S/C30H44N2O5/c1-28-13-10-22(32-37-18-26(33)31-17-19-4-6-20(7-5-19)27(34)35)16-21(28)8-9-23-24(28)11-14-29(2)25(23)12-15-30(29,3)36/h10,13,16,19-20,23-25,36H,4-9,11-12,14-15,17-18H2,1-3H3,(H,31,33)(H,34,35)/t19?,20?,23-,24-,25+,28+,29+,30+/m1/s1. The third-order valence-electron chi connectivity index (χ3n) is 11.3. The van der Waals surface area contributed by atoms with E-state index in [9.17, 15) is 14.7 Å². The zero-order chi connectivity index (χ0) is 26.4. The molecule has 1 amide bonds. The number of carbonyl (C=O) groups is 2. The highest BCUT2D eigenvalue weighted by Gasteiger charge is 2.61. The van der Waals surface area contributed by atoms with Crippen molar-refractivity contribution in [3.05, 3.63) is 23.8 Å². The first-order valence-corrected chi connectivity index (χ1v) is 14.4. The van der Waals surface area contributed by atoms with Crippen LogP contribution in [0, 0.1) is 40.4 Å². The lowest BCUT2D eigenvalue weighted by Crippen LogP contribution is -2.53. The Morgan fingerprint density at radius 3 is 2.51 bits per heavy atom. The maximum Gasteiger partial charge on any atom is 0.306 e. The van der Waals surface area contributed by atoms with Crippen LogP contribution in [0.2, 0.25) is 0 Å². The molecular weight excluding hydrogens is 468 g/mol. The zero-order valence-corrected chi connectivity index (χ0v) is 22.7. The van der Waals surface area contributed by atoms with Gasteiger partial charge in [-0.25, -0.2) is 0 Å². The number of carboxylic acid groups (broad SMARTS) is 1. The summed E-state index contributed by atoms with van der Waals surface area (Å²) in [5.41, 5.74) is 1.67. The minimum absolute atomic E-state index is 0.0226. The molecule has 204 valence electrons. The number of hydrogen-bond acceptors (Lipinski definition) is 5. The summed E-state index contributed by atoms with van der Waals surface area (Å²) in [4.78, 5) is 28.7. The molecule has 3 N–H and O–H groups in total. The number of fused-ring (bicyclic) bond motifs is 5. The zero-order valence-electron chi connectivity index (χ0n) is 22.7. The minimum atomic E-state index is -0.708. The molecule has 5 aliphatic rings. The SMILES string of the molecule is C[C@]12C=CC(=NOCC(=O)NCC3CCC(C(=O)O)CC3)C=C1CC[C@@H]1[C@H]2CC[C@@]2(C)[C@H]1CC[C@]2(C)O. The molecule has 0 aromatic carbocycles. The quantitative estimate of drug-likeness (QED) is 0.441. The van der Waals surface area contributed by atoms with Crippen molar-refractivity contribution >= 4 is 17.6 Å². The monoisotopic (exact) mass is 512 g/mol. The first kappa shape index (κ1) is 26.5. The molecule has 0 unspecified atom stereocenters. The van der Waals surface area contributed by atoms with Crippen LogP contribution in [0.25, 0.3) is 0 Å². The molecule has 0 saturated heterocycles. The summed E-state index contributed by atoms with van der Waals surface area (Å²) in [5, 5.41) is 27.4. The smallest absolute Gasteiger partial charge is 0.306 e. The fourth-order valence-corrected chi connectivity index (χ4v) is 8.60. The molecule has 4 saturated carbocycles. The number of allylic oxidation sites excluding steroid dienone is 4. The average molecular weight is 513 g/mol. The largest absolute Gasteiger partial charge is 0.481 e. The molecule has 0 aromatic heterocycles. The number of oxime groups is 1. The lowest BCUT2D eigenvalue weighted by molar-refractivity contribution is -0.143. The van der Waals surface area contributed by atoms with E-state index in [2.05, 4.69) is 43.4 Å². The van der Waals surface area contributed by atoms with Gasteiger partial charge in [-0.05, 0) is 112 Å². The van der Waals surface area contributed by atoms with E-state index >= 15 is 0 Å². The van der Waals surface area contributed by atoms with E-state index < -0.39 is 11.6 Å². The van der Waals surface area contributed by atoms with Gasteiger partial charge in [0.25, 0.3) is 5.91 Å². The van der Waals surface area contributed by atoms with Gasteiger partial charge in [0, 0.05) is 12.0 Å². The van der Waals surface area contributed by atoms with E-state index in [1.807, 2.05) is 6.08 Å². The van der Waals surface area contributed by atoms with Gasteiger partial charge in [0.1, 0.15) is 5.71 Å². The Morgan fingerprint density at radius 1 is 1.05 bits per heavy atom. The Morgan fingerprint density at radius 2 is 1.78 bits per heavy atom. The molecule has 7 nitrogen and oxygen atoms in total. The third kappa shape index (κ3) is 4.77. The predicted octanol–water partition coefficient (Wildman–Crippen LogP) is 4.86. The first-order chi connectivity index (χ1) is 17.5. The van der Waals surface area contributed by atoms with Crippen LogP contribution < -0.4 is 5.32 Å². The van der Waals surface area contributed by atoms with Gasteiger partial charge in [0.15, 0.2) is 6.61 Å². The second-order valence-electron chi connectivity index (χ2n) is 13.1. The molecule has 6 atom stereocenters. The van der Waals surface area contributed by atoms with E-state index in [1.165, 1.54) is 12.0 Å². The van der Waals surface area contributed by atoms with Crippen molar-refractivity contribution in [2.45, 2.75) is 90.6 Å². The van der Waals surface area contributed by atoms with Crippen LogP contribution in [0.3, 0.4) is 0 Å². The Balaban J connectivity index is 1.13. The van der Waals surface area contributed by atoms with Crippen molar-refractivity contribution < 1.29 is 24.6 Å². The van der Waals surface area contributed by atoms with Gasteiger partial charge in [-0.2, -0.15) is 0 Å². The highest BCUT2D eigenvalue weighted by molar-refractivity contribution is 6.05. The van der Waals surface area contributed by atoms with Crippen molar-refractivity contribution in [2.24, 2.45) is 45.6 Å².